The molecule has 0 amide bonds. The van der Waals surface area contributed by atoms with Crippen LogP contribution in [0, 0.1) is 12.3 Å². The Morgan fingerprint density at radius 3 is 1.15 bits per heavy atom. The normalized spacial score (nSPS) is 11.7. The average Bonchev–Trinajstić information content (AvgIpc) is 3.75. The lowest BCUT2D eigenvalue weighted by molar-refractivity contribution is -0.304. The van der Waals surface area contributed by atoms with E-state index in [1.54, 1.807) is 55.5 Å². The van der Waals surface area contributed by atoms with Gasteiger partial charge in [0, 0.05) is 50.7 Å². The number of carbonyl (C=O) groups is 6. The van der Waals surface area contributed by atoms with Crippen LogP contribution in [0.25, 0.3) is 16.7 Å². The number of rotatable bonds is 10. The summed E-state index contributed by atoms with van der Waals surface area (Å²) in [6.07, 6.45) is 8.86. The Hall–Kier alpha value is -8.22. The van der Waals surface area contributed by atoms with Gasteiger partial charge in [0.05, 0.1) is 45.2 Å². The molecule has 5 aromatic carbocycles. The van der Waals surface area contributed by atoms with Crippen LogP contribution in [0.4, 0.5) is 0 Å². The number of carbonyl (C=O) groups excluding carboxylic acids is 6. The van der Waals surface area contributed by atoms with Gasteiger partial charge in [0.25, 0.3) is 0 Å². The van der Waals surface area contributed by atoms with Crippen LogP contribution in [0.3, 0.4) is 0 Å². The van der Waals surface area contributed by atoms with Crippen LogP contribution in [0.15, 0.2) is 170 Å². The van der Waals surface area contributed by atoms with E-state index in [0.29, 0.717) is 16.7 Å². The summed E-state index contributed by atoms with van der Waals surface area (Å²) in [5.74, 6) is -1.52. The summed E-state index contributed by atoms with van der Waals surface area (Å²) < 4.78 is 33.2. The summed E-state index contributed by atoms with van der Waals surface area (Å²) in [4.78, 5) is 67.5. The number of methoxy groups -OCH3 is 6. The summed E-state index contributed by atoms with van der Waals surface area (Å²) in [5, 5.41) is 7.00. The van der Waals surface area contributed by atoms with Crippen molar-refractivity contribution >= 4 is 52.3 Å². The molecule has 0 bridgehead atoms. The van der Waals surface area contributed by atoms with Crippen molar-refractivity contribution in [3.63, 3.8) is 0 Å². The highest BCUT2D eigenvalue weighted by atomic mass is 16.9. The van der Waals surface area contributed by atoms with E-state index in [1.807, 2.05) is 103 Å². The first-order valence-electron chi connectivity index (χ1n) is 19.8. The Labute approximate surface area is 391 Å². The summed E-state index contributed by atoms with van der Waals surface area (Å²) in [6, 6.07) is 45.6. The van der Waals surface area contributed by atoms with Gasteiger partial charge in [-0.3, -0.25) is 4.79 Å². The van der Waals surface area contributed by atoms with Crippen LogP contribution in [-0.2, 0) is 57.1 Å². The summed E-state index contributed by atoms with van der Waals surface area (Å²) in [6.45, 7) is 1.56. The van der Waals surface area contributed by atoms with Crippen LogP contribution in [0.1, 0.15) is 39.5 Å². The lowest BCUT2D eigenvalue weighted by Gasteiger charge is -2.21. The highest BCUT2D eigenvalue weighted by Crippen LogP contribution is 2.31. The highest BCUT2D eigenvalue weighted by Gasteiger charge is 2.41. The molecule has 0 unspecified atom stereocenters. The maximum absolute atomic E-state index is 11.7. The largest absolute Gasteiger partial charge is 0.466 e. The molecule has 0 aromatic heterocycles. The zero-order valence-electron chi connectivity index (χ0n) is 38.5. The second-order valence-corrected chi connectivity index (χ2v) is 12.6. The molecule has 350 valence electrons. The fourth-order valence-electron chi connectivity index (χ4n) is 5.09. The quantitative estimate of drug-likeness (QED) is 0.0361. The van der Waals surface area contributed by atoms with Gasteiger partial charge in [-0.2, -0.15) is 0 Å². The van der Waals surface area contributed by atoms with Crippen LogP contribution in [0.2, 0.25) is 0 Å². The number of cyclic esters (lactones) is 1. The van der Waals surface area contributed by atoms with Gasteiger partial charge in [-0.05, 0) is 35.7 Å². The Morgan fingerprint density at radius 2 is 0.881 bits per heavy atom. The minimum Gasteiger partial charge on any atom is -0.466 e. The van der Waals surface area contributed by atoms with Crippen molar-refractivity contribution in [1.82, 2.24) is 0 Å². The van der Waals surface area contributed by atoms with E-state index in [0.717, 1.165) is 36.0 Å². The third kappa shape index (κ3) is 20.4. The van der Waals surface area contributed by atoms with Crippen molar-refractivity contribution < 1.29 is 67.0 Å². The third-order valence-corrected chi connectivity index (χ3v) is 8.46. The van der Waals surface area contributed by atoms with Crippen LogP contribution < -0.4 is 0 Å². The number of aliphatic hydroxyl groups is 1. The van der Waals surface area contributed by atoms with Crippen molar-refractivity contribution in [2.24, 2.45) is 0 Å². The first-order chi connectivity index (χ1) is 32.3. The van der Waals surface area contributed by atoms with Crippen molar-refractivity contribution in [3.05, 3.63) is 198 Å². The highest BCUT2D eigenvalue weighted by molar-refractivity contribution is 6.21. The fourth-order valence-corrected chi connectivity index (χ4v) is 5.09. The molecule has 1 aliphatic rings. The molecule has 0 saturated heterocycles. The lowest BCUT2D eigenvalue weighted by Crippen LogP contribution is -2.32. The van der Waals surface area contributed by atoms with Gasteiger partial charge in [-0.25, -0.2) is 24.0 Å². The number of hydrogen-bond donors (Lipinski definition) is 1. The maximum atomic E-state index is 11.7. The Balaban J connectivity index is 0.000000424. The minimum absolute atomic E-state index is 0.121. The van der Waals surface area contributed by atoms with E-state index < -0.39 is 35.8 Å². The Bertz CT molecular complexity index is 2340. The number of ketones is 1. The number of Topliss-reactive ketones (excluding diaryl/α,β-unsaturated/α-hetero) is 1. The standard InChI is InChI=1S/3C12H12O4.C8H8O.C8H6.CH4O/c1-14-12(15-2)8-10(11(13)16-12)9-6-4-3-5-7-9;2*1-15-11(13)8-10(12(14)16-2)9-6-4-3-5-7-9;1-7(9)8-5-3-2-4-6-8;1-2-8-6-4-3-5-7-8;1-2/h3*3-8H,1-2H3;2-6H,1H3;1,3-7H;2H,1H3/b;10-8+;10-8-;;;. The molecule has 67 heavy (non-hydrogen) atoms. The number of terminal acetylenes is 1. The number of benzene rings is 5. The van der Waals surface area contributed by atoms with Gasteiger partial charge in [0.2, 0.25) is 0 Å². The predicted octanol–water partition coefficient (Wildman–Crippen LogP) is 7.57. The summed E-state index contributed by atoms with van der Waals surface area (Å²) >= 11 is 0. The molecule has 1 aliphatic heterocycles. The number of aliphatic hydroxyl groups excluding tert-OH is 1. The van der Waals surface area contributed by atoms with Gasteiger partial charge in [0.1, 0.15) is 0 Å². The second kappa shape index (κ2) is 32.4. The number of esters is 5. The van der Waals surface area contributed by atoms with E-state index >= 15 is 0 Å². The van der Waals surface area contributed by atoms with Crippen molar-refractivity contribution in [2.75, 3.05) is 49.8 Å². The molecular weight excluding hydrogens is 861 g/mol. The van der Waals surface area contributed by atoms with Crippen LogP contribution >= 0.6 is 0 Å². The maximum Gasteiger partial charge on any atom is 0.352 e. The van der Waals surface area contributed by atoms with Gasteiger partial charge >= 0.3 is 35.8 Å². The zero-order chi connectivity index (χ0) is 50.0. The molecular formula is C53H54O14. The predicted molar refractivity (Wildman–Crippen MR) is 253 cm³/mol. The SMILES string of the molecule is C#Cc1ccccc1.CC(=O)c1ccccc1.CO.COC(=O)/C=C(/C(=O)OC)c1ccccc1.COC(=O)/C=C(\C(=O)OC)c1ccccc1.COC1(OC)C=C(c2ccccc2)C(=O)O1. The molecule has 1 heterocycles. The van der Waals surface area contributed by atoms with E-state index in [2.05, 4.69) is 24.9 Å². The average molecular weight is 915 g/mol. The van der Waals surface area contributed by atoms with Gasteiger partial charge < -0.3 is 38.3 Å². The monoisotopic (exact) mass is 914 g/mol. The van der Waals surface area contributed by atoms with Gasteiger partial charge in [-0.15, -0.1) is 6.42 Å². The zero-order valence-corrected chi connectivity index (χ0v) is 38.5. The van der Waals surface area contributed by atoms with Crippen molar-refractivity contribution in [3.8, 4) is 12.3 Å². The van der Waals surface area contributed by atoms with E-state index in [1.165, 1.54) is 48.7 Å². The van der Waals surface area contributed by atoms with Crippen molar-refractivity contribution in [2.45, 2.75) is 12.9 Å². The van der Waals surface area contributed by atoms with E-state index in [4.69, 9.17) is 25.7 Å². The molecule has 0 fully saturated rings. The molecule has 1 N–H and O–H groups in total. The molecule has 0 atom stereocenters. The molecule has 14 heteroatoms. The van der Waals surface area contributed by atoms with Gasteiger partial charge in [-0.1, -0.05) is 145 Å². The van der Waals surface area contributed by atoms with Crippen LogP contribution in [0.5, 0.6) is 0 Å². The van der Waals surface area contributed by atoms with E-state index in [-0.39, 0.29) is 16.9 Å². The van der Waals surface area contributed by atoms with Gasteiger partial charge in [0.15, 0.2) is 5.78 Å². The number of ether oxygens (including phenoxy) is 7. The number of hydrogen-bond acceptors (Lipinski definition) is 14. The molecule has 5 aromatic rings. The molecule has 0 saturated carbocycles. The Morgan fingerprint density at radius 1 is 0.537 bits per heavy atom. The van der Waals surface area contributed by atoms with Crippen LogP contribution in [-0.4, -0.2) is 96.5 Å². The second-order valence-electron chi connectivity index (χ2n) is 12.6. The molecule has 14 nitrogen and oxygen atoms in total. The molecule has 0 spiro atoms. The Kier molecular flexibility index (Phi) is 27.5. The van der Waals surface area contributed by atoms with Crippen molar-refractivity contribution in [1.29, 1.82) is 0 Å². The molecule has 0 radical (unpaired) electrons. The summed E-state index contributed by atoms with van der Waals surface area (Å²) in [5.41, 5.74) is 4.52. The van der Waals surface area contributed by atoms with E-state index in [9.17, 15) is 28.8 Å². The lowest BCUT2D eigenvalue weighted by atomic mass is 10.1. The molecule has 6 rings (SSSR count). The topological polar surface area (TPSA) is 187 Å². The summed E-state index contributed by atoms with van der Waals surface area (Å²) in [7, 11) is 8.85. The first kappa shape index (κ1) is 56.8. The first-order valence-corrected chi connectivity index (χ1v) is 19.8. The fraction of sp³-hybridized carbons (Fsp3) is 0.170. The molecule has 0 aliphatic carbocycles. The minimum atomic E-state index is -1.39. The smallest absolute Gasteiger partial charge is 0.352 e. The third-order valence-electron chi connectivity index (χ3n) is 8.46.